The Morgan fingerprint density at radius 1 is 0.833 bits per heavy atom. The molecule has 1 amide bonds. The Morgan fingerprint density at radius 2 is 1.47 bits per heavy atom. The Balaban J connectivity index is 1.21. The van der Waals surface area contributed by atoms with Gasteiger partial charge in [-0.05, 0) is 61.3 Å². The summed E-state index contributed by atoms with van der Waals surface area (Å²) in [6.45, 7) is 6.72. The molecule has 7 heteroatoms. The van der Waals surface area contributed by atoms with E-state index in [-0.39, 0.29) is 17.4 Å². The van der Waals surface area contributed by atoms with E-state index in [1.807, 2.05) is 23.4 Å². The number of carbonyl (C=O) groups is 1. The molecule has 30 heavy (non-hydrogen) atoms. The molecule has 4 rings (SSSR count). The molecule has 1 aromatic carbocycles. The van der Waals surface area contributed by atoms with Gasteiger partial charge in [0.15, 0.2) is 11.5 Å². The first-order valence-electron chi connectivity index (χ1n) is 10.7. The van der Waals surface area contributed by atoms with Crippen LogP contribution in [0.4, 0.5) is 0 Å². The minimum absolute atomic E-state index is 0.0865. The van der Waals surface area contributed by atoms with Crippen LogP contribution in [-0.4, -0.2) is 75.1 Å². The maximum atomic E-state index is 13.0. The molecule has 7 nitrogen and oxygen atoms in total. The third-order valence-corrected chi connectivity index (χ3v) is 6.22. The Morgan fingerprint density at radius 3 is 2.13 bits per heavy atom. The molecule has 0 aliphatic carbocycles. The second-order valence-corrected chi connectivity index (χ2v) is 8.33. The van der Waals surface area contributed by atoms with Crippen LogP contribution in [0.2, 0.25) is 0 Å². The Bertz CT molecular complexity index is 845. The number of amides is 1. The topological polar surface area (TPSA) is 80.1 Å². The highest BCUT2D eigenvalue weighted by Gasteiger charge is 2.30. The molecule has 0 saturated carbocycles. The summed E-state index contributed by atoms with van der Waals surface area (Å²) in [5.41, 5.74) is 2.24. The summed E-state index contributed by atoms with van der Waals surface area (Å²) >= 11 is 0. The average Bonchev–Trinajstić information content (AvgIpc) is 2.78. The lowest BCUT2D eigenvalue weighted by molar-refractivity contribution is -0.139. The van der Waals surface area contributed by atoms with Crippen molar-refractivity contribution in [3.63, 3.8) is 0 Å². The number of likely N-dealkylation sites (tertiary alicyclic amines) is 1. The van der Waals surface area contributed by atoms with Crippen LogP contribution in [0.1, 0.15) is 24.0 Å². The molecule has 0 radical (unpaired) electrons. The van der Waals surface area contributed by atoms with E-state index in [0.717, 1.165) is 64.2 Å². The number of phenols is 2. The standard InChI is InChI=1S/C23H30N4O3/c28-21-2-1-19(15-22(21)29)17-26-11-13-27(14-12-26)23(30)20-5-9-25(10-6-20)16-18-3-7-24-8-4-18/h1-4,7-8,15,20,28-29H,5-6,9-14,16-17H2. The number of hydrogen-bond donors (Lipinski definition) is 2. The summed E-state index contributed by atoms with van der Waals surface area (Å²) in [6, 6.07) is 9.05. The van der Waals surface area contributed by atoms with Gasteiger partial charge in [-0.1, -0.05) is 6.07 Å². The van der Waals surface area contributed by atoms with E-state index < -0.39 is 0 Å². The zero-order valence-electron chi connectivity index (χ0n) is 17.3. The number of rotatable bonds is 5. The first kappa shape index (κ1) is 20.6. The van der Waals surface area contributed by atoms with Gasteiger partial charge in [-0.15, -0.1) is 0 Å². The molecular formula is C23H30N4O3. The molecule has 0 unspecified atom stereocenters. The second kappa shape index (κ2) is 9.45. The highest BCUT2D eigenvalue weighted by atomic mass is 16.3. The van der Waals surface area contributed by atoms with E-state index in [9.17, 15) is 15.0 Å². The molecule has 2 fully saturated rings. The van der Waals surface area contributed by atoms with Crippen molar-refractivity contribution in [3.05, 3.63) is 53.9 Å². The van der Waals surface area contributed by atoms with E-state index in [2.05, 4.69) is 26.9 Å². The van der Waals surface area contributed by atoms with E-state index >= 15 is 0 Å². The maximum absolute atomic E-state index is 13.0. The number of aromatic hydroxyl groups is 2. The third-order valence-electron chi connectivity index (χ3n) is 6.22. The van der Waals surface area contributed by atoms with Gasteiger partial charge in [0.2, 0.25) is 5.91 Å². The van der Waals surface area contributed by atoms with Gasteiger partial charge >= 0.3 is 0 Å². The molecule has 0 atom stereocenters. The summed E-state index contributed by atoms with van der Waals surface area (Å²) in [5.74, 6) is 0.261. The van der Waals surface area contributed by atoms with Gasteiger partial charge in [-0.25, -0.2) is 0 Å². The van der Waals surface area contributed by atoms with Crippen LogP contribution in [0.5, 0.6) is 11.5 Å². The van der Waals surface area contributed by atoms with Crippen molar-refractivity contribution < 1.29 is 15.0 Å². The number of aromatic nitrogens is 1. The summed E-state index contributed by atoms with van der Waals surface area (Å²) in [5, 5.41) is 19.1. The van der Waals surface area contributed by atoms with Gasteiger partial charge in [-0.3, -0.25) is 19.6 Å². The van der Waals surface area contributed by atoms with Crippen molar-refractivity contribution >= 4 is 5.91 Å². The Hall–Kier alpha value is -2.64. The summed E-state index contributed by atoms with van der Waals surface area (Å²) in [4.78, 5) is 23.8. The highest BCUT2D eigenvalue weighted by Crippen LogP contribution is 2.26. The first-order valence-corrected chi connectivity index (χ1v) is 10.7. The number of hydrogen-bond acceptors (Lipinski definition) is 6. The number of piperidine rings is 1. The molecule has 0 spiro atoms. The number of nitrogens with zero attached hydrogens (tertiary/aromatic N) is 4. The van der Waals surface area contributed by atoms with Crippen LogP contribution in [0.3, 0.4) is 0 Å². The predicted molar refractivity (Wildman–Crippen MR) is 114 cm³/mol. The molecule has 0 bridgehead atoms. The zero-order chi connectivity index (χ0) is 20.9. The molecule has 160 valence electrons. The van der Waals surface area contributed by atoms with Crippen molar-refractivity contribution in [2.75, 3.05) is 39.3 Å². The number of benzene rings is 1. The Labute approximate surface area is 177 Å². The van der Waals surface area contributed by atoms with Crippen LogP contribution in [0.25, 0.3) is 0 Å². The predicted octanol–water partition coefficient (Wildman–Crippen LogP) is 2.05. The largest absolute Gasteiger partial charge is 0.504 e. The molecule has 2 aromatic rings. The van der Waals surface area contributed by atoms with Gasteiger partial charge in [-0.2, -0.15) is 0 Å². The fraction of sp³-hybridized carbons (Fsp3) is 0.478. The number of phenolic OH excluding ortho intramolecular Hbond substituents is 2. The molecule has 1 aromatic heterocycles. The molecule has 2 saturated heterocycles. The molecule has 2 aliphatic heterocycles. The van der Waals surface area contributed by atoms with E-state index in [4.69, 9.17) is 0 Å². The number of pyridine rings is 1. The summed E-state index contributed by atoms with van der Waals surface area (Å²) in [6.07, 6.45) is 5.51. The van der Waals surface area contributed by atoms with E-state index in [1.165, 1.54) is 11.6 Å². The fourth-order valence-corrected chi connectivity index (χ4v) is 4.39. The SMILES string of the molecule is O=C(C1CCN(Cc2ccncc2)CC1)N1CCN(Cc2ccc(O)c(O)c2)CC1. The zero-order valence-corrected chi connectivity index (χ0v) is 17.3. The molecule has 2 aliphatic rings. The minimum atomic E-state index is -0.0963. The monoisotopic (exact) mass is 410 g/mol. The molecule has 3 heterocycles. The van der Waals surface area contributed by atoms with Crippen molar-refractivity contribution in [3.8, 4) is 11.5 Å². The lowest BCUT2D eigenvalue weighted by Gasteiger charge is -2.38. The van der Waals surface area contributed by atoms with Crippen LogP contribution in [-0.2, 0) is 17.9 Å². The van der Waals surface area contributed by atoms with Crippen molar-refractivity contribution in [1.29, 1.82) is 0 Å². The smallest absolute Gasteiger partial charge is 0.225 e. The third kappa shape index (κ3) is 5.09. The van der Waals surface area contributed by atoms with Crippen molar-refractivity contribution in [2.24, 2.45) is 5.92 Å². The van der Waals surface area contributed by atoms with Gasteiger partial charge in [0.1, 0.15) is 0 Å². The highest BCUT2D eigenvalue weighted by molar-refractivity contribution is 5.79. The Kier molecular flexibility index (Phi) is 6.50. The van der Waals surface area contributed by atoms with E-state index in [1.54, 1.807) is 6.07 Å². The van der Waals surface area contributed by atoms with Crippen molar-refractivity contribution in [2.45, 2.75) is 25.9 Å². The van der Waals surface area contributed by atoms with Crippen LogP contribution < -0.4 is 0 Å². The quantitative estimate of drug-likeness (QED) is 0.735. The number of piperazine rings is 1. The van der Waals surface area contributed by atoms with Crippen LogP contribution in [0.15, 0.2) is 42.7 Å². The van der Waals surface area contributed by atoms with Gasteiger partial charge in [0.25, 0.3) is 0 Å². The van der Waals surface area contributed by atoms with Crippen LogP contribution in [0, 0.1) is 5.92 Å². The van der Waals surface area contributed by atoms with Gasteiger partial charge < -0.3 is 15.1 Å². The summed E-state index contributed by atoms with van der Waals surface area (Å²) < 4.78 is 0. The number of carbonyl (C=O) groups excluding carboxylic acids is 1. The molecule has 2 N–H and O–H groups in total. The lowest BCUT2D eigenvalue weighted by Crippen LogP contribution is -2.51. The lowest BCUT2D eigenvalue weighted by atomic mass is 9.94. The van der Waals surface area contributed by atoms with Gasteiger partial charge in [0.05, 0.1) is 0 Å². The average molecular weight is 411 g/mol. The normalized spacial score (nSPS) is 19.1. The minimum Gasteiger partial charge on any atom is -0.504 e. The second-order valence-electron chi connectivity index (χ2n) is 8.33. The fourth-order valence-electron chi connectivity index (χ4n) is 4.39. The van der Waals surface area contributed by atoms with Gasteiger partial charge in [0, 0.05) is 57.6 Å². The summed E-state index contributed by atoms with van der Waals surface area (Å²) in [7, 11) is 0. The maximum Gasteiger partial charge on any atom is 0.225 e. The molecular weight excluding hydrogens is 380 g/mol. The van der Waals surface area contributed by atoms with Crippen molar-refractivity contribution in [1.82, 2.24) is 19.7 Å². The first-order chi connectivity index (χ1) is 14.6. The van der Waals surface area contributed by atoms with E-state index in [0.29, 0.717) is 12.5 Å². The van der Waals surface area contributed by atoms with Crippen LogP contribution >= 0.6 is 0 Å².